The van der Waals surface area contributed by atoms with E-state index >= 15 is 0 Å². The fraction of sp³-hybridized carbons (Fsp3) is 0.633. The maximum absolute atomic E-state index is 12.6. The number of hydrogen-bond acceptors (Lipinski definition) is 17. The number of esters is 1. The van der Waals surface area contributed by atoms with Crippen molar-refractivity contribution in [1.82, 2.24) is 0 Å². The van der Waals surface area contributed by atoms with Gasteiger partial charge in [-0.2, -0.15) is 0 Å². The van der Waals surface area contributed by atoms with E-state index in [4.69, 9.17) is 24.7 Å². The van der Waals surface area contributed by atoms with Crippen LogP contribution in [0.15, 0.2) is 97.2 Å². The predicted molar refractivity (Wildman–Crippen MR) is 246 cm³/mol. The number of nitrogens with two attached hydrogens (primary N) is 1. The Morgan fingerprint density at radius 3 is 1.87 bits per heavy atom. The quantitative estimate of drug-likeness (QED) is 0.139. The second-order valence-electron chi connectivity index (χ2n) is 18.0. The van der Waals surface area contributed by atoms with E-state index in [1.54, 1.807) is 75.5 Å². The van der Waals surface area contributed by atoms with Crippen molar-refractivity contribution in [2.24, 2.45) is 23.5 Å². The number of carbonyl (C=O) groups excluding carboxylic acids is 1. The summed E-state index contributed by atoms with van der Waals surface area (Å²) in [4.78, 5) is 24.2. The Bertz CT molecular complexity index is 1750. The standard InChI is InChI=1S/C49H75NO17/c1-29-17-15-13-11-9-7-5-6-8-10-12-14-16-18-36(66-48-47(62)44(50)46(61)32(4)65-48)26-41-37(20-22-42(57)58)40(56)28-49(63,67-41)27-35(53)24-39(55)38(54)21-19-33(51)23-34(52)25-43(59)64-31(3)30(2)45(29)60/h5-18,20,22,29-41,44-48,51-56,60-63H,19,21,23-28,50H2,1-4H3,(H,57,58)/b6-5?,9-7?,10-8?,13-11?,14-12?,17-15?,18-16?,22-20+/t29-,30-,31-,32+,33+,34+,35-,36-,37+,38+,39+,40-,41-,44-,45+,46+,47-,48-,49+/m0/s1. The van der Waals surface area contributed by atoms with Gasteiger partial charge in [-0.15, -0.1) is 0 Å². The minimum Gasteiger partial charge on any atom is -0.478 e. The van der Waals surface area contributed by atoms with Crippen molar-refractivity contribution in [3.63, 3.8) is 0 Å². The van der Waals surface area contributed by atoms with E-state index in [0.717, 1.165) is 6.08 Å². The summed E-state index contributed by atoms with van der Waals surface area (Å²) in [6.07, 6.45) is 6.97. The Morgan fingerprint density at radius 1 is 0.687 bits per heavy atom. The zero-order chi connectivity index (χ0) is 49.8. The van der Waals surface area contributed by atoms with Crippen LogP contribution >= 0.6 is 0 Å². The highest BCUT2D eigenvalue weighted by atomic mass is 16.7. The molecule has 0 aromatic heterocycles. The minimum atomic E-state index is -2.24. The van der Waals surface area contributed by atoms with Gasteiger partial charge in [0.25, 0.3) is 0 Å². The summed E-state index contributed by atoms with van der Waals surface area (Å²) < 4.78 is 23.5. The van der Waals surface area contributed by atoms with Crippen molar-refractivity contribution in [3.05, 3.63) is 97.2 Å². The molecule has 0 unspecified atom stereocenters. The van der Waals surface area contributed by atoms with Crippen LogP contribution in [0.4, 0.5) is 0 Å². The summed E-state index contributed by atoms with van der Waals surface area (Å²) >= 11 is 0. The number of carboxylic acids is 1. The summed E-state index contributed by atoms with van der Waals surface area (Å²) in [7, 11) is 0. The highest BCUT2D eigenvalue weighted by Crippen LogP contribution is 2.38. The smallest absolute Gasteiger partial charge is 0.327 e. The van der Waals surface area contributed by atoms with Crippen molar-refractivity contribution in [3.8, 4) is 0 Å². The second-order valence-corrected chi connectivity index (χ2v) is 18.0. The number of carbonyl (C=O) groups is 2. The Kier molecular flexibility index (Phi) is 24.7. The van der Waals surface area contributed by atoms with Crippen LogP contribution in [-0.4, -0.2) is 166 Å². The molecule has 19 atom stereocenters. The van der Waals surface area contributed by atoms with Crippen LogP contribution in [0.3, 0.4) is 0 Å². The van der Waals surface area contributed by atoms with Crippen molar-refractivity contribution in [2.75, 3.05) is 0 Å². The third-order valence-electron chi connectivity index (χ3n) is 12.3. The molecule has 2 bridgehead atoms. The highest BCUT2D eigenvalue weighted by Gasteiger charge is 2.48. The van der Waals surface area contributed by atoms with Crippen LogP contribution in [0.5, 0.6) is 0 Å². The fourth-order valence-corrected chi connectivity index (χ4v) is 8.12. The van der Waals surface area contributed by atoms with Crippen LogP contribution < -0.4 is 5.73 Å². The first-order valence-corrected chi connectivity index (χ1v) is 23.0. The lowest BCUT2D eigenvalue weighted by molar-refractivity contribution is -0.306. The molecule has 67 heavy (non-hydrogen) atoms. The van der Waals surface area contributed by atoms with E-state index in [-0.39, 0.29) is 31.6 Å². The Balaban J connectivity index is 1.90. The maximum atomic E-state index is 12.6. The average molecular weight is 950 g/mol. The molecule has 0 saturated carbocycles. The van der Waals surface area contributed by atoms with Gasteiger partial charge in [0.15, 0.2) is 12.1 Å². The SMILES string of the molecule is C[C@@H]1[C@H](O)[C@@H](C)C=CC=CC=CC=CC=CC=CC=C[C@H](O[C@@H]2O[C@H](C)[C@@H](O)[C@H](N)[C@@H]2O)C[C@@H]2O[C@](O)(C[C@@H](O)C[C@@H](O)[C@H](O)CC[C@@H](O)C[C@@H](O)CC(=O)O[C@H]1C)C[C@H](O)[C@H]2/C=C/C(=O)O. The lowest BCUT2D eigenvalue weighted by Gasteiger charge is -2.46. The molecule has 2 saturated heterocycles. The van der Waals surface area contributed by atoms with Gasteiger partial charge < -0.3 is 80.9 Å². The summed E-state index contributed by atoms with van der Waals surface area (Å²) in [6.45, 7) is 6.77. The molecule has 0 aromatic rings. The van der Waals surface area contributed by atoms with E-state index in [9.17, 15) is 65.8 Å². The molecular weight excluding hydrogens is 875 g/mol. The van der Waals surface area contributed by atoms with Gasteiger partial charge in [0, 0.05) is 49.5 Å². The molecule has 0 aliphatic carbocycles. The molecule has 2 fully saturated rings. The number of aliphatic hydroxyl groups excluding tert-OH is 9. The van der Waals surface area contributed by atoms with Crippen molar-refractivity contribution in [1.29, 1.82) is 0 Å². The topological polar surface area (TPSA) is 320 Å². The van der Waals surface area contributed by atoms with Crippen LogP contribution in [0.25, 0.3) is 0 Å². The van der Waals surface area contributed by atoms with Crippen molar-refractivity contribution >= 4 is 11.9 Å². The second kappa shape index (κ2) is 28.7. The molecule has 0 amide bonds. The Labute approximate surface area is 393 Å². The zero-order valence-electron chi connectivity index (χ0n) is 38.7. The lowest BCUT2D eigenvalue weighted by Crippen LogP contribution is -2.61. The normalized spacial score (nSPS) is 41.3. The molecule has 0 spiro atoms. The summed E-state index contributed by atoms with van der Waals surface area (Å²) in [6, 6.07) is -1.13. The van der Waals surface area contributed by atoms with E-state index in [2.05, 4.69) is 0 Å². The summed E-state index contributed by atoms with van der Waals surface area (Å²) in [5, 5.41) is 118. The number of aliphatic hydroxyl groups is 10. The van der Waals surface area contributed by atoms with Crippen molar-refractivity contribution < 1.29 is 84.7 Å². The number of ether oxygens (including phenoxy) is 4. The first-order chi connectivity index (χ1) is 31.6. The first-order valence-electron chi connectivity index (χ1n) is 23.0. The minimum absolute atomic E-state index is 0.0985. The molecule has 3 heterocycles. The predicted octanol–water partition coefficient (Wildman–Crippen LogP) is 1.27. The van der Waals surface area contributed by atoms with Gasteiger partial charge >= 0.3 is 11.9 Å². The monoisotopic (exact) mass is 950 g/mol. The van der Waals surface area contributed by atoms with E-state index < -0.39 is 147 Å². The highest BCUT2D eigenvalue weighted by molar-refractivity contribution is 5.79. The lowest BCUT2D eigenvalue weighted by atomic mass is 9.82. The molecule has 378 valence electrons. The number of aliphatic carboxylic acids is 1. The summed E-state index contributed by atoms with van der Waals surface area (Å²) in [5.41, 5.74) is 6.06. The largest absolute Gasteiger partial charge is 0.478 e. The van der Waals surface area contributed by atoms with Crippen LogP contribution in [-0.2, 0) is 28.5 Å². The molecule has 3 aliphatic rings. The van der Waals surface area contributed by atoms with E-state index in [0.29, 0.717) is 0 Å². The molecule has 18 heteroatoms. The molecule has 3 aliphatic heterocycles. The van der Waals surface area contributed by atoms with Crippen LogP contribution in [0.2, 0.25) is 0 Å². The molecular formula is C49H75NO17. The number of rotatable bonds is 4. The van der Waals surface area contributed by atoms with Gasteiger partial charge in [-0.25, -0.2) is 4.79 Å². The van der Waals surface area contributed by atoms with Crippen LogP contribution in [0, 0.1) is 17.8 Å². The number of allylic oxidation sites excluding steroid dienone is 12. The van der Waals surface area contributed by atoms with Crippen molar-refractivity contribution in [2.45, 2.75) is 177 Å². The fourth-order valence-electron chi connectivity index (χ4n) is 8.12. The number of carboxylic acid groups (broad SMARTS) is 1. The molecule has 18 nitrogen and oxygen atoms in total. The van der Waals surface area contributed by atoms with Gasteiger partial charge in [0.2, 0.25) is 0 Å². The third-order valence-corrected chi connectivity index (χ3v) is 12.3. The number of cyclic esters (lactones) is 1. The maximum Gasteiger partial charge on any atom is 0.327 e. The van der Waals surface area contributed by atoms with E-state index in [1.165, 1.54) is 6.08 Å². The van der Waals surface area contributed by atoms with E-state index in [1.807, 2.05) is 37.3 Å². The Morgan fingerprint density at radius 2 is 1.27 bits per heavy atom. The Hall–Kier alpha value is -3.70. The summed E-state index contributed by atoms with van der Waals surface area (Å²) in [5.74, 6) is -6.04. The molecule has 0 radical (unpaired) electrons. The van der Waals surface area contributed by atoms with Gasteiger partial charge in [-0.05, 0) is 33.1 Å². The van der Waals surface area contributed by atoms with Crippen LogP contribution in [0.1, 0.15) is 79.1 Å². The number of hydrogen-bond donors (Lipinski definition) is 12. The van der Waals surface area contributed by atoms with Gasteiger partial charge in [-0.3, -0.25) is 4.79 Å². The number of fused-ring (bicyclic) bond motifs is 2. The van der Waals surface area contributed by atoms with Gasteiger partial charge in [0.05, 0.1) is 79.6 Å². The third kappa shape index (κ3) is 20.0. The molecule has 0 aromatic carbocycles. The van der Waals surface area contributed by atoms with Gasteiger partial charge in [-0.1, -0.05) is 105 Å². The molecule has 3 rings (SSSR count). The average Bonchev–Trinajstić information content (AvgIpc) is 3.24. The zero-order valence-corrected chi connectivity index (χ0v) is 38.7. The molecule has 13 N–H and O–H groups in total. The first kappa shape index (κ1) is 57.6. The van der Waals surface area contributed by atoms with Gasteiger partial charge in [0.1, 0.15) is 12.2 Å².